The summed E-state index contributed by atoms with van der Waals surface area (Å²) in [7, 11) is 0. The highest BCUT2D eigenvalue weighted by molar-refractivity contribution is 7.09. The van der Waals surface area contributed by atoms with E-state index in [-0.39, 0.29) is 5.69 Å². The third-order valence-electron chi connectivity index (χ3n) is 3.09. The normalized spacial score (nSPS) is 12.1. The van der Waals surface area contributed by atoms with Crippen molar-refractivity contribution >= 4 is 17.0 Å². The molecule has 6 nitrogen and oxygen atoms in total. The van der Waals surface area contributed by atoms with Gasteiger partial charge < -0.3 is 9.84 Å². The summed E-state index contributed by atoms with van der Waals surface area (Å²) in [5.41, 5.74) is 3.14. The zero-order chi connectivity index (χ0) is 15.4. The van der Waals surface area contributed by atoms with E-state index in [1.165, 1.54) is 18.2 Å². The SMILES string of the molecule is Cc1ncsc1CCOc1ccc([N+](=O)[O-])cc1[C@H](C)O. The molecule has 2 rings (SSSR count). The van der Waals surface area contributed by atoms with E-state index < -0.39 is 11.0 Å². The van der Waals surface area contributed by atoms with Gasteiger partial charge in [0.25, 0.3) is 5.69 Å². The summed E-state index contributed by atoms with van der Waals surface area (Å²) in [6.45, 7) is 3.93. The van der Waals surface area contributed by atoms with Gasteiger partial charge in [-0.05, 0) is 19.9 Å². The van der Waals surface area contributed by atoms with Crippen LogP contribution in [0, 0.1) is 17.0 Å². The Balaban J connectivity index is 2.08. The van der Waals surface area contributed by atoms with Gasteiger partial charge in [-0.15, -0.1) is 11.3 Å². The maximum absolute atomic E-state index is 10.8. The second kappa shape index (κ2) is 6.64. The minimum absolute atomic E-state index is 0.0587. The topological polar surface area (TPSA) is 85.5 Å². The average molecular weight is 308 g/mol. The fraction of sp³-hybridized carbons (Fsp3) is 0.357. The lowest BCUT2D eigenvalue weighted by Gasteiger charge is -2.13. The van der Waals surface area contributed by atoms with Crippen molar-refractivity contribution in [2.45, 2.75) is 26.4 Å². The van der Waals surface area contributed by atoms with Gasteiger partial charge in [0.05, 0.1) is 28.8 Å². The number of hydrogen-bond acceptors (Lipinski definition) is 6. The fourth-order valence-electron chi connectivity index (χ4n) is 1.93. The second-order valence-corrected chi connectivity index (χ2v) is 5.55. The number of non-ortho nitro benzene ring substituents is 1. The van der Waals surface area contributed by atoms with E-state index >= 15 is 0 Å². The Hall–Kier alpha value is -1.99. The molecule has 2 aromatic rings. The molecule has 0 bridgehead atoms. The molecule has 1 atom stereocenters. The molecule has 0 aliphatic carbocycles. The molecule has 1 aromatic heterocycles. The molecule has 21 heavy (non-hydrogen) atoms. The zero-order valence-corrected chi connectivity index (χ0v) is 12.6. The Morgan fingerprint density at radius 1 is 1.52 bits per heavy atom. The van der Waals surface area contributed by atoms with Crippen LogP contribution < -0.4 is 4.74 Å². The fourth-order valence-corrected chi connectivity index (χ4v) is 2.69. The van der Waals surface area contributed by atoms with E-state index in [1.54, 1.807) is 23.8 Å². The number of aliphatic hydroxyl groups is 1. The van der Waals surface area contributed by atoms with Crippen LogP contribution in [-0.4, -0.2) is 21.6 Å². The summed E-state index contributed by atoms with van der Waals surface area (Å²) in [4.78, 5) is 15.6. The molecular weight excluding hydrogens is 292 g/mol. The van der Waals surface area contributed by atoms with Crippen molar-refractivity contribution in [2.24, 2.45) is 0 Å². The number of rotatable bonds is 6. The molecule has 112 valence electrons. The van der Waals surface area contributed by atoms with E-state index in [2.05, 4.69) is 4.98 Å². The highest BCUT2D eigenvalue weighted by atomic mass is 32.1. The first-order valence-electron chi connectivity index (χ1n) is 6.47. The molecule has 0 radical (unpaired) electrons. The molecule has 0 fully saturated rings. The van der Waals surface area contributed by atoms with Crippen molar-refractivity contribution in [3.8, 4) is 5.75 Å². The van der Waals surface area contributed by atoms with E-state index in [1.807, 2.05) is 6.92 Å². The van der Waals surface area contributed by atoms with Crippen molar-refractivity contribution < 1.29 is 14.8 Å². The number of nitrogens with zero attached hydrogens (tertiary/aromatic N) is 2. The number of ether oxygens (including phenoxy) is 1. The van der Waals surface area contributed by atoms with E-state index in [0.29, 0.717) is 24.3 Å². The first-order chi connectivity index (χ1) is 9.99. The maximum Gasteiger partial charge on any atom is 0.270 e. The molecule has 0 unspecified atom stereocenters. The highest BCUT2D eigenvalue weighted by Crippen LogP contribution is 2.29. The van der Waals surface area contributed by atoms with E-state index in [0.717, 1.165) is 10.6 Å². The van der Waals surface area contributed by atoms with Gasteiger partial charge in [0.2, 0.25) is 0 Å². The maximum atomic E-state index is 10.8. The molecule has 0 spiro atoms. The molecule has 0 aliphatic heterocycles. The third-order valence-corrected chi connectivity index (χ3v) is 4.08. The van der Waals surface area contributed by atoms with Gasteiger partial charge in [-0.3, -0.25) is 10.1 Å². The van der Waals surface area contributed by atoms with Crippen LogP contribution in [0.1, 0.15) is 29.2 Å². The molecule has 1 heterocycles. The Labute approximate surface area is 126 Å². The van der Waals surface area contributed by atoms with Crippen LogP contribution in [-0.2, 0) is 6.42 Å². The summed E-state index contributed by atoms with van der Waals surface area (Å²) >= 11 is 1.57. The molecular formula is C14H16N2O4S. The number of aliphatic hydroxyl groups excluding tert-OH is 1. The number of thiazole rings is 1. The molecule has 1 aromatic carbocycles. The van der Waals surface area contributed by atoms with Crippen LogP contribution in [0.4, 0.5) is 5.69 Å². The summed E-state index contributed by atoms with van der Waals surface area (Å²) < 4.78 is 5.66. The predicted molar refractivity (Wildman–Crippen MR) is 79.8 cm³/mol. The summed E-state index contributed by atoms with van der Waals surface area (Å²) in [6.07, 6.45) is -0.114. The summed E-state index contributed by atoms with van der Waals surface area (Å²) in [5.74, 6) is 0.470. The number of aromatic nitrogens is 1. The summed E-state index contributed by atoms with van der Waals surface area (Å²) in [6, 6.07) is 4.25. The van der Waals surface area contributed by atoms with Gasteiger partial charge in [-0.1, -0.05) is 0 Å². The number of nitro benzene ring substituents is 1. The lowest BCUT2D eigenvalue weighted by atomic mass is 10.1. The first kappa shape index (κ1) is 15.4. The molecule has 0 saturated carbocycles. The largest absolute Gasteiger partial charge is 0.493 e. The van der Waals surface area contributed by atoms with Crippen LogP contribution in [0.15, 0.2) is 23.7 Å². The van der Waals surface area contributed by atoms with Crippen molar-refractivity contribution in [2.75, 3.05) is 6.61 Å². The Bertz CT molecular complexity index is 640. The molecule has 0 saturated heterocycles. The minimum Gasteiger partial charge on any atom is -0.493 e. The highest BCUT2D eigenvalue weighted by Gasteiger charge is 2.15. The lowest BCUT2D eigenvalue weighted by Crippen LogP contribution is -2.05. The lowest BCUT2D eigenvalue weighted by molar-refractivity contribution is -0.385. The van der Waals surface area contributed by atoms with Gasteiger partial charge in [0.15, 0.2) is 0 Å². The van der Waals surface area contributed by atoms with Crippen LogP contribution in [0.2, 0.25) is 0 Å². The van der Waals surface area contributed by atoms with Crippen molar-refractivity contribution in [3.05, 3.63) is 50.0 Å². The number of aryl methyl sites for hydroxylation is 1. The summed E-state index contributed by atoms with van der Waals surface area (Å²) in [5, 5.41) is 20.5. The molecule has 0 aliphatic rings. The van der Waals surface area contributed by atoms with Crippen LogP contribution in [0.3, 0.4) is 0 Å². The first-order valence-corrected chi connectivity index (χ1v) is 7.35. The quantitative estimate of drug-likeness (QED) is 0.655. The van der Waals surface area contributed by atoms with Crippen molar-refractivity contribution in [1.29, 1.82) is 0 Å². The Morgan fingerprint density at radius 3 is 2.86 bits per heavy atom. The van der Waals surface area contributed by atoms with Crippen molar-refractivity contribution in [3.63, 3.8) is 0 Å². The van der Waals surface area contributed by atoms with Crippen LogP contribution in [0.25, 0.3) is 0 Å². The Kier molecular flexibility index (Phi) is 4.87. The van der Waals surface area contributed by atoms with Gasteiger partial charge in [0, 0.05) is 29.0 Å². The smallest absolute Gasteiger partial charge is 0.270 e. The van der Waals surface area contributed by atoms with Crippen LogP contribution >= 0.6 is 11.3 Å². The second-order valence-electron chi connectivity index (χ2n) is 4.61. The average Bonchev–Trinajstić information content (AvgIpc) is 2.84. The van der Waals surface area contributed by atoms with Gasteiger partial charge in [-0.2, -0.15) is 0 Å². The monoisotopic (exact) mass is 308 g/mol. The molecule has 0 amide bonds. The molecule has 1 N–H and O–H groups in total. The van der Waals surface area contributed by atoms with Gasteiger partial charge in [-0.25, -0.2) is 4.98 Å². The van der Waals surface area contributed by atoms with Crippen LogP contribution in [0.5, 0.6) is 5.75 Å². The zero-order valence-electron chi connectivity index (χ0n) is 11.8. The third kappa shape index (κ3) is 3.77. The molecule has 7 heteroatoms. The Morgan fingerprint density at radius 2 is 2.29 bits per heavy atom. The number of nitro groups is 1. The predicted octanol–water partition coefficient (Wildman–Crippen LogP) is 3.03. The van der Waals surface area contributed by atoms with Crippen molar-refractivity contribution in [1.82, 2.24) is 4.98 Å². The number of hydrogen-bond donors (Lipinski definition) is 1. The standard InChI is InChI=1S/C14H16N2O4S/c1-9-14(21-8-15-9)5-6-20-13-4-3-11(16(18)19)7-12(13)10(2)17/h3-4,7-8,10,17H,5-6H2,1-2H3/t10-/m0/s1. The number of benzene rings is 1. The van der Waals surface area contributed by atoms with E-state index in [4.69, 9.17) is 4.74 Å². The minimum atomic E-state index is -0.829. The van der Waals surface area contributed by atoms with Gasteiger partial charge in [0.1, 0.15) is 5.75 Å². The van der Waals surface area contributed by atoms with Gasteiger partial charge >= 0.3 is 0 Å². The van der Waals surface area contributed by atoms with E-state index in [9.17, 15) is 15.2 Å².